The van der Waals surface area contributed by atoms with Gasteiger partial charge in [0.1, 0.15) is 5.82 Å². The molecule has 0 saturated carbocycles. The molecule has 1 fully saturated rings. The van der Waals surface area contributed by atoms with Crippen LogP contribution in [-0.2, 0) is 6.54 Å². The molecule has 20 heavy (non-hydrogen) atoms. The van der Waals surface area contributed by atoms with Crippen LogP contribution in [0.3, 0.4) is 0 Å². The van der Waals surface area contributed by atoms with Crippen LogP contribution in [0.1, 0.15) is 36.7 Å². The summed E-state index contributed by atoms with van der Waals surface area (Å²) in [5.41, 5.74) is 3.59. The first kappa shape index (κ1) is 13.3. The summed E-state index contributed by atoms with van der Waals surface area (Å²) in [6.45, 7) is 2.00. The molecule has 106 valence electrons. The maximum absolute atomic E-state index is 4.54. The topological polar surface area (TPSA) is 52.7 Å². The molecule has 1 aliphatic heterocycles. The summed E-state index contributed by atoms with van der Waals surface area (Å²) in [4.78, 5) is 8.01. The van der Waals surface area contributed by atoms with Gasteiger partial charge in [0.15, 0.2) is 0 Å². The van der Waals surface area contributed by atoms with Gasteiger partial charge >= 0.3 is 0 Å². The second-order valence-corrected chi connectivity index (χ2v) is 5.41. The first-order valence-electron chi connectivity index (χ1n) is 7.39. The molecule has 1 aromatic heterocycles. The number of benzene rings is 1. The van der Waals surface area contributed by atoms with E-state index in [1.54, 1.807) is 0 Å². The molecule has 1 aromatic carbocycles. The van der Waals surface area contributed by atoms with Crippen molar-refractivity contribution >= 4 is 0 Å². The van der Waals surface area contributed by atoms with Gasteiger partial charge in [0, 0.05) is 6.54 Å². The molecule has 4 heteroatoms. The third kappa shape index (κ3) is 2.92. The third-order valence-corrected chi connectivity index (χ3v) is 3.88. The van der Waals surface area contributed by atoms with E-state index in [0.29, 0.717) is 6.04 Å². The number of hydrogen-bond acceptors (Lipinski definition) is 3. The van der Waals surface area contributed by atoms with Crippen molar-refractivity contribution in [2.75, 3.05) is 13.6 Å². The predicted octanol–water partition coefficient (Wildman–Crippen LogP) is 2.61. The smallest absolute Gasteiger partial charge is 0.123 e. The van der Waals surface area contributed by atoms with Crippen molar-refractivity contribution < 1.29 is 0 Å². The van der Waals surface area contributed by atoms with Crippen LogP contribution in [0, 0.1) is 0 Å². The van der Waals surface area contributed by atoms with E-state index in [4.69, 9.17) is 0 Å². The standard InChI is InChI=1S/C16H22N4/c1-17-10-12-5-7-13(8-6-12)15-11-19-16(20-15)14-4-2-3-9-18-14/h5-8,11,14,17-18H,2-4,9-10H2,1H3,(H,19,20). The van der Waals surface area contributed by atoms with Crippen LogP contribution in [0.25, 0.3) is 11.3 Å². The number of rotatable bonds is 4. The zero-order valence-corrected chi connectivity index (χ0v) is 11.9. The predicted molar refractivity (Wildman–Crippen MR) is 81.4 cm³/mol. The lowest BCUT2D eigenvalue weighted by Gasteiger charge is -2.21. The Morgan fingerprint density at radius 3 is 2.80 bits per heavy atom. The number of aromatic amines is 1. The molecule has 4 nitrogen and oxygen atoms in total. The lowest BCUT2D eigenvalue weighted by molar-refractivity contribution is 0.399. The van der Waals surface area contributed by atoms with E-state index in [2.05, 4.69) is 44.9 Å². The van der Waals surface area contributed by atoms with Crippen LogP contribution in [-0.4, -0.2) is 23.6 Å². The van der Waals surface area contributed by atoms with Crippen LogP contribution >= 0.6 is 0 Å². The zero-order valence-electron chi connectivity index (χ0n) is 11.9. The number of imidazole rings is 1. The van der Waals surface area contributed by atoms with E-state index in [9.17, 15) is 0 Å². The maximum atomic E-state index is 4.54. The Morgan fingerprint density at radius 2 is 2.10 bits per heavy atom. The Labute approximate surface area is 120 Å². The fourth-order valence-corrected chi connectivity index (χ4v) is 2.75. The SMILES string of the molecule is CNCc1ccc(-c2cnc(C3CCCCN3)[nH]2)cc1. The Morgan fingerprint density at radius 1 is 1.25 bits per heavy atom. The summed E-state index contributed by atoms with van der Waals surface area (Å²) in [7, 11) is 1.96. The molecule has 0 spiro atoms. The van der Waals surface area contributed by atoms with Gasteiger partial charge in [0.05, 0.1) is 17.9 Å². The highest BCUT2D eigenvalue weighted by atomic mass is 15.0. The molecule has 0 bridgehead atoms. The molecule has 3 rings (SSSR count). The second kappa shape index (κ2) is 6.20. The summed E-state index contributed by atoms with van der Waals surface area (Å²) in [6.07, 6.45) is 5.68. The van der Waals surface area contributed by atoms with Gasteiger partial charge in [-0.2, -0.15) is 0 Å². The summed E-state index contributed by atoms with van der Waals surface area (Å²) in [5, 5.41) is 6.69. The number of hydrogen-bond donors (Lipinski definition) is 3. The monoisotopic (exact) mass is 270 g/mol. The second-order valence-electron chi connectivity index (χ2n) is 5.41. The van der Waals surface area contributed by atoms with Gasteiger partial charge in [-0.25, -0.2) is 4.98 Å². The van der Waals surface area contributed by atoms with Crippen molar-refractivity contribution in [2.24, 2.45) is 0 Å². The number of aromatic nitrogens is 2. The van der Waals surface area contributed by atoms with Gasteiger partial charge in [0.2, 0.25) is 0 Å². The number of H-pyrrole nitrogens is 1. The van der Waals surface area contributed by atoms with E-state index >= 15 is 0 Å². The largest absolute Gasteiger partial charge is 0.341 e. The van der Waals surface area contributed by atoms with Crippen LogP contribution in [0.2, 0.25) is 0 Å². The van der Waals surface area contributed by atoms with Crippen LogP contribution in [0.5, 0.6) is 0 Å². The minimum atomic E-state index is 0.390. The number of nitrogens with one attached hydrogen (secondary N) is 3. The molecule has 0 radical (unpaired) electrons. The highest BCUT2D eigenvalue weighted by Crippen LogP contribution is 2.24. The maximum Gasteiger partial charge on any atom is 0.123 e. The Bertz CT molecular complexity index is 538. The highest BCUT2D eigenvalue weighted by molar-refractivity contribution is 5.58. The molecule has 2 aromatic rings. The molecular formula is C16H22N4. The molecule has 2 heterocycles. The molecule has 3 N–H and O–H groups in total. The zero-order chi connectivity index (χ0) is 13.8. The van der Waals surface area contributed by atoms with Gasteiger partial charge in [0.25, 0.3) is 0 Å². The van der Waals surface area contributed by atoms with Gasteiger partial charge in [-0.05, 0) is 37.6 Å². The van der Waals surface area contributed by atoms with Crippen LogP contribution < -0.4 is 10.6 Å². The summed E-state index contributed by atoms with van der Waals surface area (Å²) < 4.78 is 0. The minimum Gasteiger partial charge on any atom is -0.341 e. The highest BCUT2D eigenvalue weighted by Gasteiger charge is 2.17. The Balaban J connectivity index is 1.75. The molecule has 1 saturated heterocycles. The van der Waals surface area contributed by atoms with Gasteiger partial charge in [-0.15, -0.1) is 0 Å². The Hall–Kier alpha value is -1.65. The van der Waals surface area contributed by atoms with E-state index in [-0.39, 0.29) is 0 Å². The van der Waals surface area contributed by atoms with E-state index in [1.165, 1.54) is 30.4 Å². The first-order valence-corrected chi connectivity index (χ1v) is 7.39. The normalized spacial score (nSPS) is 19.1. The van der Waals surface area contributed by atoms with Crippen LogP contribution in [0.15, 0.2) is 30.5 Å². The van der Waals surface area contributed by atoms with Gasteiger partial charge in [-0.3, -0.25) is 0 Å². The van der Waals surface area contributed by atoms with E-state index < -0.39 is 0 Å². The van der Waals surface area contributed by atoms with Crippen molar-refractivity contribution in [1.29, 1.82) is 0 Å². The lowest BCUT2D eigenvalue weighted by atomic mass is 10.0. The van der Waals surface area contributed by atoms with Crippen molar-refractivity contribution in [3.05, 3.63) is 41.9 Å². The summed E-state index contributed by atoms with van der Waals surface area (Å²) in [6, 6.07) is 9.01. The van der Waals surface area contributed by atoms with Crippen molar-refractivity contribution in [3.8, 4) is 11.3 Å². The quantitative estimate of drug-likeness (QED) is 0.800. The summed E-state index contributed by atoms with van der Waals surface area (Å²) in [5.74, 6) is 1.07. The fourth-order valence-electron chi connectivity index (χ4n) is 2.75. The first-order chi connectivity index (χ1) is 9.86. The Kier molecular flexibility index (Phi) is 4.14. The van der Waals surface area contributed by atoms with Crippen molar-refractivity contribution in [2.45, 2.75) is 31.8 Å². The lowest BCUT2D eigenvalue weighted by Crippen LogP contribution is -2.27. The molecule has 1 aliphatic rings. The molecule has 1 unspecified atom stereocenters. The molecular weight excluding hydrogens is 248 g/mol. The van der Waals surface area contributed by atoms with Gasteiger partial charge in [-0.1, -0.05) is 30.7 Å². The number of nitrogens with zero attached hydrogens (tertiary/aromatic N) is 1. The summed E-state index contributed by atoms with van der Waals surface area (Å²) >= 11 is 0. The van der Waals surface area contributed by atoms with Crippen molar-refractivity contribution in [3.63, 3.8) is 0 Å². The fraction of sp³-hybridized carbons (Fsp3) is 0.438. The average molecular weight is 270 g/mol. The van der Waals surface area contributed by atoms with E-state index in [1.807, 2.05) is 13.2 Å². The van der Waals surface area contributed by atoms with Crippen molar-refractivity contribution in [1.82, 2.24) is 20.6 Å². The number of piperidine rings is 1. The van der Waals surface area contributed by atoms with Gasteiger partial charge < -0.3 is 15.6 Å². The molecule has 0 amide bonds. The minimum absolute atomic E-state index is 0.390. The average Bonchev–Trinajstić information content (AvgIpc) is 2.99. The molecule has 0 aliphatic carbocycles. The van der Waals surface area contributed by atoms with Crippen LogP contribution in [0.4, 0.5) is 0 Å². The molecule has 1 atom stereocenters. The van der Waals surface area contributed by atoms with E-state index in [0.717, 1.165) is 24.6 Å². The third-order valence-electron chi connectivity index (χ3n) is 3.88.